The Morgan fingerprint density at radius 2 is 2.35 bits per heavy atom. The first kappa shape index (κ1) is 11.7. The number of rotatable bonds is 4. The molecule has 5 nitrogen and oxygen atoms in total. The number of carboxylic acid groups (broad SMARTS) is 1. The average molecular weight is 250 g/mol. The summed E-state index contributed by atoms with van der Waals surface area (Å²) >= 11 is 1.41. The van der Waals surface area contributed by atoms with Crippen molar-refractivity contribution in [3.05, 3.63) is 41.4 Å². The van der Waals surface area contributed by atoms with E-state index < -0.39 is 5.97 Å². The lowest BCUT2D eigenvalue weighted by Crippen LogP contribution is -1.96. The summed E-state index contributed by atoms with van der Waals surface area (Å²) in [5.41, 5.74) is 1.06. The summed E-state index contributed by atoms with van der Waals surface area (Å²) in [4.78, 5) is 14.8. The van der Waals surface area contributed by atoms with E-state index in [1.807, 2.05) is 13.0 Å². The maximum absolute atomic E-state index is 10.8. The summed E-state index contributed by atoms with van der Waals surface area (Å²) in [6.45, 7) is 1.85. The van der Waals surface area contributed by atoms with Crippen molar-refractivity contribution in [1.29, 1.82) is 0 Å². The van der Waals surface area contributed by atoms with Crippen LogP contribution in [-0.2, 0) is 5.75 Å². The van der Waals surface area contributed by atoms with Gasteiger partial charge in [-0.05, 0) is 19.1 Å². The highest BCUT2D eigenvalue weighted by molar-refractivity contribution is 7.98. The number of hydrogen-bond donors (Lipinski definition) is 1. The third-order valence-corrected chi connectivity index (χ3v) is 2.97. The van der Waals surface area contributed by atoms with Gasteiger partial charge in [-0.15, -0.1) is 0 Å². The smallest absolute Gasteiger partial charge is 0.335 e. The van der Waals surface area contributed by atoms with Gasteiger partial charge < -0.3 is 9.63 Å². The Balaban J connectivity index is 2.04. The molecule has 0 aromatic carbocycles. The van der Waals surface area contributed by atoms with Crippen molar-refractivity contribution in [1.82, 2.24) is 10.1 Å². The molecule has 0 spiro atoms. The molecule has 2 heterocycles. The molecule has 6 heteroatoms. The van der Waals surface area contributed by atoms with Crippen LogP contribution in [0.15, 0.2) is 33.9 Å². The van der Waals surface area contributed by atoms with Gasteiger partial charge in [0.2, 0.25) is 0 Å². The van der Waals surface area contributed by atoms with Gasteiger partial charge in [-0.3, -0.25) is 0 Å². The zero-order valence-electron chi connectivity index (χ0n) is 9.08. The molecular formula is C11H10N2O3S. The minimum Gasteiger partial charge on any atom is -0.478 e. The third kappa shape index (κ3) is 3.07. The first-order valence-electron chi connectivity index (χ1n) is 4.89. The van der Waals surface area contributed by atoms with Crippen LogP contribution < -0.4 is 0 Å². The number of nitrogens with zero attached hydrogens (tertiary/aromatic N) is 2. The Kier molecular flexibility index (Phi) is 3.43. The Morgan fingerprint density at radius 3 is 3.00 bits per heavy atom. The highest BCUT2D eigenvalue weighted by Gasteiger charge is 2.06. The van der Waals surface area contributed by atoms with Gasteiger partial charge in [0, 0.05) is 12.3 Å². The molecular weight excluding hydrogens is 240 g/mol. The van der Waals surface area contributed by atoms with E-state index in [1.54, 1.807) is 0 Å². The van der Waals surface area contributed by atoms with E-state index in [4.69, 9.17) is 9.63 Å². The monoisotopic (exact) mass is 250 g/mol. The molecule has 0 aliphatic heterocycles. The molecule has 0 saturated heterocycles. The predicted molar refractivity (Wildman–Crippen MR) is 62.0 cm³/mol. The van der Waals surface area contributed by atoms with Gasteiger partial charge >= 0.3 is 5.97 Å². The van der Waals surface area contributed by atoms with Crippen LogP contribution >= 0.6 is 11.8 Å². The van der Waals surface area contributed by atoms with Crippen LogP contribution in [0.2, 0.25) is 0 Å². The van der Waals surface area contributed by atoms with E-state index >= 15 is 0 Å². The summed E-state index contributed by atoms with van der Waals surface area (Å²) < 4.78 is 5.05. The van der Waals surface area contributed by atoms with Crippen molar-refractivity contribution < 1.29 is 14.4 Å². The van der Waals surface area contributed by atoms with Crippen molar-refractivity contribution in [3.8, 4) is 0 Å². The number of carboxylic acids is 1. The Hall–Kier alpha value is -1.82. The van der Waals surface area contributed by atoms with Gasteiger partial charge in [0.25, 0.3) is 0 Å². The van der Waals surface area contributed by atoms with Crippen LogP contribution in [0.5, 0.6) is 0 Å². The fraction of sp³-hybridized carbons (Fsp3) is 0.182. The summed E-state index contributed by atoms with van der Waals surface area (Å²) in [5, 5.41) is 13.3. The lowest BCUT2D eigenvalue weighted by atomic mass is 10.3. The number of carbonyl (C=O) groups is 1. The number of aromatic nitrogens is 2. The van der Waals surface area contributed by atoms with Crippen molar-refractivity contribution in [3.63, 3.8) is 0 Å². The van der Waals surface area contributed by atoms with E-state index in [0.29, 0.717) is 10.8 Å². The molecule has 0 unspecified atom stereocenters. The SMILES string of the molecule is Cc1cc(CSc2cc(C(=O)O)ccn2)on1. The molecule has 2 rings (SSSR count). The largest absolute Gasteiger partial charge is 0.478 e. The molecule has 88 valence electrons. The van der Waals surface area contributed by atoms with Crippen molar-refractivity contribution in [2.24, 2.45) is 0 Å². The fourth-order valence-corrected chi connectivity index (χ4v) is 2.02. The van der Waals surface area contributed by atoms with Gasteiger partial charge in [0.05, 0.1) is 22.0 Å². The maximum Gasteiger partial charge on any atom is 0.335 e. The van der Waals surface area contributed by atoms with Gasteiger partial charge in [0.15, 0.2) is 0 Å². The minimum atomic E-state index is -0.954. The van der Waals surface area contributed by atoms with Gasteiger partial charge in [-0.1, -0.05) is 16.9 Å². The van der Waals surface area contributed by atoms with Crippen LogP contribution in [0.3, 0.4) is 0 Å². The maximum atomic E-state index is 10.8. The molecule has 0 radical (unpaired) electrons. The molecule has 0 amide bonds. The number of pyridine rings is 1. The summed E-state index contributed by atoms with van der Waals surface area (Å²) in [7, 11) is 0. The molecule has 2 aromatic heterocycles. The quantitative estimate of drug-likeness (QED) is 0.839. The lowest BCUT2D eigenvalue weighted by molar-refractivity contribution is 0.0696. The van der Waals surface area contributed by atoms with Crippen molar-refractivity contribution >= 4 is 17.7 Å². The topological polar surface area (TPSA) is 76.2 Å². The first-order chi connectivity index (χ1) is 8.15. The molecule has 0 atom stereocenters. The van der Waals surface area contributed by atoms with Crippen LogP contribution in [0, 0.1) is 6.92 Å². The molecule has 0 bridgehead atoms. The average Bonchev–Trinajstić information content (AvgIpc) is 2.73. The second kappa shape index (κ2) is 5.01. The van der Waals surface area contributed by atoms with E-state index in [0.717, 1.165) is 11.5 Å². The van der Waals surface area contributed by atoms with Crippen LogP contribution in [-0.4, -0.2) is 21.2 Å². The van der Waals surface area contributed by atoms with Crippen LogP contribution in [0.25, 0.3) is 0 Å². The lowest BCUT2D eigenvalue weighted by Gasteiger charge is -1.99. The molecule has 0 saturated carbocycles. The highest BCUT2D eigenvalue weighted by Crippen LogP contribution is 2.21. The normalized spacial score (nSPS) is 10.4. The molecule has 0 aliphatic carbocycles. The van der Waals surface area contributed by atoms with Crippen LogP contribution in [0.4, 0.5) is 0 Å². The number of aromatic carboxylic acids is 1. The Bertz CT molecular complexity index is 539. The van der Waals surface area contributed by atoms with Gasteiger partial charge in [-0.2, -0.15) is 0 Å². The Labute approximate surface area is 102 Å². The fourth-order valence-electron chi connectivity index (χ4n) is 1.25. The van der Waals surface area contributed by atoms with Crippen LogP contribution in [0.1, 0.15) is 21.8 Å². The second-order valence-electron chi connectivity index (χ2n) is 3.41. The molecule has 0 aliphatic rings. The second-order valence-corrected chi connectivity index (χ2v) is 4.41. The standard InChI is InChI=1S/C11H10N2O3S/c1-7-4-9(16-13-7)6-17-10-5-8(11(14)15)2-3-12-10/h2-5H,6H2,1H3,(H,14,15). The summed E-state index contributed by atoms with van der Waals surface area (Å²) in [6, 6.07) is 4.84. The minimum absolute atomic E-state index is 0.233. The molecule has 2 aromatic rings. The van der Waals surface area contributed by atoms with E-state index in [9.17, 15) is 4.79 Å². The number of aryl methyl sites for hydroxylation is 1. The Morgan fingerprint density at radius 1 is 1.53 bits per heavy atom. The molecule has 0 fully saturated rings. The summed E-state index contributed by atoms with van der Waals surface area (Å²) in [6.07, 6.45) is 1.48. The van der Waals surface area contributed by atoms with Gasteiger partial charge in [-0.25, -0.2) is 9.78 Å². The zero-order chi connectivity index (χ0) is 12.3. The van der Waals surface area contributed by atoms with E-state index in [2.05, 4.69) is 10.1 Å². The highest BCUT2D eigenvalue weighted by atomic mass is 32.2. The van der Waals surface area contributed by atoms with Crippen molar-refractivity contribution in [2.45, 2.75) is 17.7 Å². The van der Waals surface area contributed by atoms with E-state index in [-0.39, 0.29) is 5.56 Å². The number of thioether (sulfide) groups is 1. The molecule has 17 heavy (non-hydrogen) atoms. The number of hydrogen-bond acceptors (Lipinski definition) is 5. The van der Waals surface area contributed by atoms with E-state index in [1.165, 1.54) is 30.1 Å². The zero-order valence-corrected chi connectivity index (χ0v) is 9.90. The predicted octanol–water partition coefficient (Wildman–Crippen LogP) is 2.37. The molecule has 1 N–H and O–H groups in total. The summed E-state index contributed by atoms with van der Waals surface area (Å²) in [5.74, 6) is 0.372. The van der Waals surface area contributed by atoms with Gasteiger partial charge in [0.1, 0.15) is 5.76 Å². The third-order valence-electron chi connectivity index (χ3n) is 2.02. The first-order valence-corrected chi connectivity index (χ1v) is 5.88. The van der Waals surface area contributed by atoms with Crippen molar-refractivity contribution in [2.75, 3.05) is 0 Å².